The average Bonchev–Trinajstić information content (AvgIpc) is 2.86. The van der Waals surface area contributed by atoms with Crippen molar-refractivity contribution in [2.45, 2.75) is 20.8 Å². The molecule has 0 atom stereocenters. The Morgan fingerprint density at radius 2 is 1.77 bits per heavy atom. The summed E-state index contributed by atoms with van der Waals surface area (Å²) >= 11 is 2.33. The quantitative estimate of drug-likeness (QED) is 0.531. The highest BCUT2D eigenvalue weighted by Crippen LogP contribution is 2.27. The van der Waals surface area contributed by atoms with E-state index in [2.05, 4.69) is 58.8 Å². The smallest absolute Gasteiger partial charge is 0.144 e. The third kappa shape index (κ3) is 2.63. The highest BCUT2D eigenvalue weighted by atomic mass is 127. The minimum Gasteiger partial charge on any atom is -0.492 e. The molecule has 0 spiro atoms. The summed E-state index contributed by atoms with van der Waals surface area (Å²) in [6.45, 7) is 6.64. The van der Waals surface area contributed by atoms with Gasteiger partial charge in [-0.1, -0.05) is 0 Å². The fourth-order valence-corrected chi connectivity index (χ4v) is 2.95. The zero-order valence-corrected chi connectivity index (χ0v) is 14.9. The number of aryl methyl sites for hydroxylation is 2. The van der Waals surface area contributed by atoms with Gasteiger partial charge in [-0.3, -0.25) is 0 Å². The number of nitrogens with two attached hydrogens (primary N) is 1. The molecule has 1 aromatic heterocycles. The molecule has 0 fully saturated rings. The van der Waals surface area contributed by atoms with Crippen molar-refractivity contribution in [3.05, 3.63) is 39.0 Å². The molecule has 0 radical (unpaired) electrons. The summed E-state index contributed by atoms with van der Waals surface area (Å²) in [6.07, 6.45) is 0. The van der Waals surface area contributed by atoms with Gasteiger partial charge in [0.25, 0.3) is 0 Å². The van der Waals surface area contributed by atoms with E-state index < -0.39 is 0 Å². The molecule has 0 aliphatic carbocycles. The van der Waals surface area contributed by atoms with Crippen LogP contribution >= 0.6 is 22.6 Å². The molecule has 22 heavy (non-hydrogen) atoms. The van der Waals surface area contributed by atoms with E-state index in [9.17, 15) is 0 Å². The van der Waals surface area contributed by atoms with Crippen molar-refractivity contribution in [1.29, 1.82) is 0 Å². The van der Waals surface area contributed by atoms with Gasteiger partial charge in [0, 0.05) is 9.64 Å². The summed E-state index contributed by atoms with van der Waals surface area (Å²) in [5, 5.41) is 9.11. The Labute approximate surface area is 142 Å². The first-order valence-electron chi connectivity index (χ1n) is 7.06. The highest BCUT2D eigenvalue weighted by molar-refractivity contribution is 14.1. The molecular weight excluding hydrogens is 391 g/mol. The number of nitrogen functional groups attached to an aromatic ring is 1. The summed E-state index contributed by atoms with van der Waals surface area (Å²) in [5.74, 6) is 0.651. The Balaban J connectivity index is 2.15. The van der Waals surface area contributed by atoms with Crippen LogP contribution in [0.1, 0.15) is 18.1 Å². The maximum absolute atomic E-state index is 5.99. The number of nitrogens with zero attached hydrogens (tertiary/aromatic N) is 3. The fourth-order valence-electron chi connectivity index (χ4n) is 2.33. The van der Waals surface area contributed by atoms with Gasteiger partial charge in [0.05, 0.1) is 18.0 Å². The summed E-state index contributed by atoms with van der Waals surface area (Å²) < 4.78 is 6.75. The molecule has 0 aliphatic heterocycles. The Hall–Kier alpha value is -1.83. The van der Waals surface area contributed by atoms with Crippen LogP contribution in [-0.4, -0.2) is 21.6 Å². The number of ether oxygens (including phenoxy) is 1. The molecular formula is C16H17IN4O. The van der Waals surface area contributed by atoms with E-state index in [1.165, 1.54) is 9.13 Å². The van der Waals surface area contributed by atoms with E-state index >= 15 is 0 Å². The normalized spacial score (nSPS) is 11.1. The van der Waals surface area contributed by atoms with Crippen molar-refractivity contribution in [2.75, 3.05) is 12.3 Å². The van der Waals surface area contributed by atoms with E-state index in [1.807, 2.05) is 13.0 Å². The minimum absolute atomic E-state index is 0.569. The fraction of sp³-hybridized carbons (Fsp3) is 0.250. The Morgan fingerprint density at radius 1 is 1.09 bits per heavy atom. The third-order valence-electron chi connectivity index (χ3n) is 3.50. The predicted octanol–water partition coefficient (Wildman–Crippen LogP) is 3.62. The first kappa shape index (κ1) is 15.1. The minimum atomic E-state index is 0.569. The van der Waals surface area contributed by atoms with E-state index in [1.54, 1.807) is 10.9 Å². The lowest BCUT2D eigenvalue weighted by atomic mass is 10.1. The number of fused-ring (bicyclic) bond motifs is 1. The van der Waals surface area contributed by atoms with Crippen molar-refractivity contribution in [1.82, 2.24) is 15.0 Å². The lowest BCUT2D eigenvalue weighted by Crippen LogP contribution is -2.02. The molecule has 0 aliphatic rings. The van der Waals surface area contributed by atoms with Gasteiger partial charge >= 0.3 is 0 Å². The van der Waals surface area contributed by atoms with E-state index in [-0.39, 0.29) is 0 Å². The Bertz CT molecular complexity index is 857. The van der Waals surface area contributed by atoms with Crippen LogP contribution in [0.3, 0.4) is 0 Å². The van der Waals surface area contributed by atoms with Crippen LogP contribution in [0.15, 0.2) is 24.3 Å². The molecule has 5 nitrogen and oxygen atoms in total. The van der Waals surface area contributed by atoms with Crippen LogP contribution in [0.5, 0.6) is 5.75 Å². The topological polar surface area (TPSA) is 66.0 Å². The first-order valence-corrected chi connectivity index (χ1v) is 8.14. The number of aromatic nitrogens is 3. The third-order valence-corrected chi connectivity index (χ3v) is 4.67. The van der Waals surface area contributed by atoms with Gasteiger partial charge in [0.15, 0.2) is 0 Å². The standard InChI is InChI=1S/C16H17IN4O/c1-4-22-16-8-14-13(7-12(16)18)19-21(20-14)15-6-9(2)11(17)5-10(15)3/h5-8H,4,18H2,1-3H3. The van der Waals surface area contributed by atoms with Crippen LogP contribution in [0.2, 0.25) is 0 Å². The molecule has 3 rings (SSSR count). The van der Waals surface area contributed by atoms with E-state index in [0.717, 1.165) is 22.3 Å². The number of hydrogen-bond donors (Lipinski definition) is 1. The highest BCUT2D eigenvalue weighted by Gasteiger charge is 2.12. The van der Waals surface area contributed by atoms with Gasteiger partial charge in [-0.15, -0.1) is 10.2 Å². The van der Waals surface area contributed by atoms with Gasteiger partial charge in [0.2, 0.25) is 0 Å². The molecule has 2 aromatic carbocycles. The van der Waals surface area contributed by atoms with Crippen LogP contribution in [0, 0.1) is 17.4 Å². The van der Waals surface area contributed by atoms with Crippen LogP contribution in [0.4, 0.5) is 5.69 Å². The number of benzene rings is 2. The molecule has 1 heterocycles. The number of anilines is 1. The molecule has 0 amide bonds. The van der Waals surface area contributed by atoms with E-state index in [4.69, 9.17) is 10.5 Å². The molecule has 114 valence electrons. The predicted molar refractivity (Wildman–Crippen MR) is 96.6 cm³/mol. The van der Waals surface area contributed by atoms with Crippen molar-refractivity contribution in [2.24, 2.45) is 0 Å². The van der Waals surface area contributed by atoms with Gasteiger partial charge in [-0.2, -0.15) is 4.80 Å². The van der Waals surface area contributed by atoms with Crippen LogP contribution in [-0.2, 0) is 0 Å². The van der Waals surface area contributed by atoms with Gasteiger partial charge in [0.1, 0.15) is 16.8 Å². The zero-order valence-electron chi connectivity index (χ0n) is 12.7. The lowest BCUT2D eigenvalue weighted by molar-refractivity contribution is 0.342. The van der Waals surface area contributed by atoms with Crippen molar-refractivity contribution in [3.8, 4) is 11.4 Å². The maximum Gasteiger partial charge on any atom is 0.144 e. The maximum atomic E-state index is 5.99. The van der Waals surface area contributed by atoms with Gasteiger partial charge in [-0.05, 0) is 72.7 Å². The summed E-state index contributed by atoms with van der Waals surface area (Å²) in [6, 6.07) is 7.88. The second-order valence-electron chi connectivity index (χ2n) is 5.19. The average molecular weight is 408 g/mol. The Kier molecular flexibility index (Phi) is 3.94. The molecule has 0 saturated heterocycles. The van der Waals surface area contributed by atoms with Crippen molar-refractivity contribution >= 4 is 39.3 Å². The first-order chi connectivity index (χ1) is 10.5. The van der Waals surface area contributed by atoms with Crippen molar-refractivity contribution < 1.29 is 4.74 Å². The van der Waals surface area contributed by atoms with E-state index in [0.29, 0.717) is 18.0 Å². The number of halogens is 1. The molecule has 0 unspecified atom stereocenters. The van der Waals surface area contributed by atoms with Crippen LogP contribution < -0.4 is 10.5 Å². The molecule has 6 heteroatoms. The second-order valence-corrected chi connectivity index (χ2v) is 6.35. The molecule has 0 saturated carbocycles. The number of hydrogen-bond acceptors (Lipinski definition) is 4. The summed E-state index contributed by atoms with van der Waals surface area (Å²) in [5.41, 5.74) is 11.4. The van der Waals surface area contributed by atoms with Gasteiger partial charge in [-0.25, -0.2) is 0 Å². The SMILES string of the molecule is CCOc1cc2nn(-c3cc(C)c(I)cc3C)nc2cc1N. The second kappa shape index (κ2) is 5.75. The Morgan fingerprint density at radius 3 is 2.45 bits per heavy atom. The lowest BCUT2D eigenvalue weighted by Gasteiger charge is -2.07. The summed E-state index contributed by atoms with van der Waals surface area (Å²) in [4.78, 5) is 1.66. The molecule has 3 aromatic rings. The molecule has 2 N–H and O–H groups in total. The monoisotopic (exact) mass is 408 g/mol. The zero-order chi connectivity index (χ0) is 15.9. The summed E-state index contributed by atoms with van der Waals surface area (Å²) in [7, 11) is 0. The van der Waals surface area contributed by atoms with Crippen LogP contribution in [0.25, 0.3) is 16.7 Å². The molecule has 0 bridgehead atoms. The largest absolute Gasteiger partial charge is 0.492 e. The van der Waals surface area contributed by atoms with Gasteiger partial charge < -0.3 is 10.5 Å². The number of rotatable bonds is 3. The van der Waals surface area contributed by atoms with Crippen molar-refractivity contribution in [3.63, 3.8) is 0 Å².